The summed E-state index contributed by atoms with van der Waals surface area (Å²) in [4.78, 5) is 29.6. The van der Waals surface area contributed by atoms with Gasteiger partial charge in [0.25, 0.3) is 11.8 Å². The van der Waals surface area contributed by atoms with Crippen molar-refractivity contribution in [2.75, 3.05) is 19.6 Å². The predicted molar refractivity (Wildman–Crippen MR) is 103 cm³/mol. The first kappa shape index (κ1) is 18.9. The van der Waals surface area contributed by atoms with Crippen molar-refractivity contribution < 1.29 is 9.59 Å². The third-order valence-electron chi connectivity index (χ3n) is 5.27. The van der Waals surface area contributed by atoms with E-state index in [0.29, 0.717) is 31.5 Å². The van der Waals surface area contributed by atoms with E-state index in [9.17, 15) is 9.59 Å². The van der Waals surface area contributed by atoms with Crippen LogP contribution in [-0.2, 0) is 4.79 Å². The van der Waals surface area contributed by atoms with Gasteiger partial charge in [0.05, 0.1) is 4.88 Å². The van der Waals surface area contributed by atoms with Crippen LogP contribution in [0.2, 0.25) is 0 Å². The number of carbonyl (C=O) groups is 2. The zero-order chi connectivity index (χ0) is 18.9. The van der Waals surface area contributed by atoms with E-state index in [2.05, 4.69) is 19.2 Å². The summed E-state index contributed by atoms with van der Waals surface area (Å²) in [5, 5.41) is 13.2. The molecular formula is C19H28N4O2S. The van der Waals surface area contributed by atoms with Crippen molar-refractivity contribution in [1.29, 1.82) is 5.41 Å². The topological polar surface area (TPSA) is 76.5 Å². The summed E-state index contributed by atoms with van der Waals surface area (Å²) in [5.41, 5.74) is -0.666. The molecule has 142 valence electrons. The van der Waals surface area contributed by atoms with Gasteiger partial charge in [-0.1, -0.05) is 19.9 Å². The molecule has 1 aromatic heterocycles. The number of hydrogen-bond acceptors (Lipinski definition) is 4. The number of nitrogens with zero attached hydrogens (tertiary/aromatic N) is 2. The van der Waals surface area contributed by atoms with Gasteiger partial charge in [0.15, 0.2) is 5.96 Å². The van der Waals surface area contributed by atoms with Crippen LogP contribution in [0.1, 0.15) is 49.7 Å². The zero-order valence-electron chi connectivity index (χ0n) is 15.7. The molecule has 2 fully saturated rings. The molecule has 3 heterocycles. The van der Waals surface area contributed by atoms with E-state index in [4.69, 9.17) is 5.41 Å². The van der Waals surface area contributed by atoms with E-state index in [-0.39, 0.29) is 17.8 Å². The second kappa shape index (κ2) is 7.39. The number of guanidine groups is 1. The molecule has 1 aromatic rings. The maximum Gasteiger partial charge on any atom is 0.263 e. The maximum atomic E-state index is 12.8. The molecule has 7 heteroatoms. The van der Waals surface area contributed by atoms with Crippen LogP contribution in [0.25, 0.3) is 0 Å². The van der Waals surface area contributed by atoms with E-state index in [1.807, 2.05) is 29.3 Å². The van der Waals surface area contributed by atoms with Crippen LogP contribution in [0.3, 0.4) is 0 Å². The summed E-state index contributed by atoms with van der Waals surface area (Å²) in [6.07, 6.45) is 2.46. The standard InChI is InChI=1S/C19H28N4O2S/c1-13(2)11-19(3)17(25)23(18(20)21-19)12-14-6-8-22(9-7-14)16(24)15-5-4-10-26-15/h4-5,10,13-14H,6-9,11-12H2,1-3H3,(H2,20,21). The van der Waals surface area contributed by atoms with Gasteiger partial charge in [-0.05, 0) is 49.5 Å². The first-order chi connectivity index (χ1) is 12.3. The van der Waals surface area contributed by atoms with Crippen molar-refractivity contribution in [2.45, 2.75) is 45.6 Å². The summed E-state index contributed by atoms with van der Waals surface area (Å²) < 4.78 is 0. The second-order valence-electron chi connectivity index (χ2n) is 8.03. The van der Waals surface area contributed by atoms with E-state index < -0.39 is 5.54 Å². The summed E-state index contributed by atoms with van der Waals surface area (Å²) in [6.45, 7) is 8.08. The molecule has 6 nitrogen and oxygen atoms in total. The Morgan fingerprint density at radius 1 is 1.42 bits per heavy atom. The van der Waals surface area contributed by atoms with Gasteiger partial charge in [-0.3, -0.25) is 19.9 Å². The van der Waals surface area contributed by atoms with E-state index >= 15 is 0 Å². The Hall–Kier alpha value is -1.89. The summed E-state index contributed by atoms with van der Waals surface area (Å²) in [7, 11) is 0. The largest absolute Gasteiger partial charge is 0.342 e. The average Bonchev–Trinajstić information content (AvgIpc) is 3.18. The number of carbonyl (C=O) groups excluding carboxylic acids is 2. The molecule has 3 rings (SSSR count). The number of likely N-dealkylation sites (tertiary alicyclic amines) is 1. The van der Waals surface area contributed by atoms with E-state index in [0.717, 1.165) is 24.1 Å². The fourth-order valence-electron chi connectivity index (χ4n) is 4.04. The van der Waals surface area contributed by atoms with Crippen molar-refractivity contribution in [3.63, 3.8) is 0 Å². The number of amides is 2. The van der Waals surface area contributed by atoms with Crippen LogP contribution in [-0.4, -0.2) is 52.7 Å². The molecule has 2 aliphatic heterocycles. The van der Waals surface area contributed by atoms with Gasteiger partial charge < -0.3 is 10.2 Å². The molecule has 1 atom stereocenters. The minimum atomic E-state index is -0.666. The molecule has 0 saturated carbocycles. The second-order valence-corrected chi connectivity index (χ2v) is 8.98. The molecule has 0 bridgehead atoms. The summed E-state index contributed by atoms with van der Waals surface area (Å²) in [5.74, 6) is 1.05. The molecule has 0 spiro atoms. The highest BCUT2D eigenvalue weighted by Gasteiger charge is 2.46. The highest BCUT2D eigenvalue weighted by atomic mass is 32.1. The van der Waals surface area contributed by atoms with Crippen molar-refractivity contribution in [2.24, 2.45) is 11.8 Å². The number of piperidine rings is 1. The van der Waals surface area contributed by atoms with Crippen molar-refractivity contribution in [1.82, 2.24) is 15.1 Å². The number of hydrogen-bond donors (Lipinski definition) is 2. The monoisotopic (exact) mass is 376 g/mol. The summed E-state index contributed by atoms with van der Waals surface area (Å²) in [6, 6.07) is 3.76. The third-order valence-corrected chi connectivity index (χ3v) is 6.13. The van der Waals surface area contributed by atoms with Crippen LogP contribution >= 0.6 is 11.3 Å². The van der Waals surface area contributed by atoms with Gasteiger partial charge in [-0.2, -0.15) is 0 Å². The Balaban J connectivity index is 1.55. The fraction of sp³-hybridized carbons (Fsp3) is 0.632. The lowest BCUT2D eigenvalue weighted by Crippen LogP contribution is -2.46. The van der Waals surface area contributed by atoms with E-state index in [1.165, 1.54) is 11.3 Å². The molecular weight excluding hydrogens is 348 g/mol. The van der Waals surface area contributed by atoms with Crippen LogP contribution in [0.5, 0.6) is 0 Å². The first-order valence-electron chi connectivity index (χ1n) is 9.31. The van der Waals surface area contributed by atoms with Gasteiger partial charge in [0, 0.05) is 19.6 Å². The van der Waals surface area contributed by atoms with Crippen LogP contribution < -0.4 is 5.32 Å². The fourth-order valence-corrected chi connectivity index (χ4v) is 4.73. The minimum absolute atomic E-state index is 0.00768. The Kier molecular flexibility index (Phi) is 5.37. The highest BCUT2D eigenvalue weighted by molar-refractivity contribution is 7.12. The van der Waals surface area contributed by atoms with Gasteiger partial charge in [-0.25, -0.2) is 0 Å². The lowest BCUT2D eigenvalue weighted by Gasteiger charge is -2.33. The van der Waals surface area contributed by atoms with Crippen molar-refractivity contribution in [3.05, 3.63) is 22.4 Å². The van der Waals surface area contributed by atoms with Crippen LogP contribution in [0.15, 0.2) is 17.5 Å². The highest BCUT2D eigenvalue weighted by Crippen LogP contribution is 2.28. The van der Waals surface area contributed by atoms with Gasteiger partial charge in [-0.15, -0.1) is 11.3 Å². The smallest absolute Gasteiger partial charge is 0.263 e. The third kappa shape index (κ3) is 3.77. The molecule has 1 unspecified atom stereocenters. The van der Waals surface area contributed by atoms with Crippen molar-refractivity contribution >= 4 is 29.1 Å². The molecule has 2 amide bonds. The Bertz CT molecular complexity index is 680. The normalized spacial score (nSPS) is 24.5. The molecule has 2 N–H and O–H groups in total. The summed E-state index contributed by atoms with van der Waals surface area (Å²) >= 11 is 1.48. The van der Waals surface area contributed by atoms with Crippen molar-refractivity contribution in [3.8, 4) is 0 Å². The maximum absolute atomic E-state index is 12.8. The molecule has 0 aromatic carbocycles. The SMILES string of the molecule is CC(C)CC1(C)NC(=N)N(CC2CCN(C(=O)c3cccs3)CC2)C1=O. The Morgan fingerprint density at radius 2 is 2.12 bits per heavy atom. The zero-order valence-corrected chi connectivity index (χ0v) is 16.6. The number of nitrogens with one attached hydrogen (secondary N) is 2. The molecule has 2 saturated heterocycles. The molecule has 26 heavy (non-hydrogen) atoms. The predicted octanol–water partition coefficient (Wildman–Crippen LogP) is 2.77. The minimum Gasteiger partial charge on any atom is -0.342 e. The Labute approximate surface area is 159 Å². The molecule has 0 radical (unpaired) electrons. The van der Waals surface area contributed by atoms with Gasteiger partial charge in [0.2, 0.25) is 0 Å². The van der Waals surface area contributed by atoms with Crippen LogP contribution in [0.4, 0.5) is 0 Å². The number of thiophene rings is 1. The Morgan fingerprint density at radius 3 is 2.69 bits per heavy atom. The van der Waals surface area contributed by atoms with E-state index in [1.54, 1.807) is 4.90 Å². The van der Waals surface area contributed by atoms with Crippen LogP contribution in [0, 0.1) is 17.2 Å². The molecule has 0 aliphatic carbocycles. The molecule has 2 aliphatic rings. The lowest BCUT2D eigenvalue weighted by molar-refractivity contribution is -0.131. The first-order valence-corrected chi connectivity index (χ1v) is 10.2. The quantitative estimate of drug-likeness (QED) is 0.830. The lowest BCUT2D eigenvalue weighted by atomic mass is 9.90. The van der Waals surface area contributed by atoms with Gasteiger partial charge in [0.1, 0.15) is 5.54 Å². The number of rotatable bonds is 5. The average molecular weight is 377 g/mol. The van der Waals surface area contributed by atoms with Gasteiger partial charge >= 0.3 is 0 Å².